The molecule has 0 amide bonds. The fourth-order valence-electron chi connectivity index (χ4n) is 0.766. The SMILES string of the molecule is C=COCC(C)C=C(C)C(=O)O. The lowest BCUT2D eigenvalue weighted by molar-refractivity contribution is -0.132. The first kappa shape index (κ1) is 10.8. The van der Waals surface area contributed by atoms with E-state index in [1.165, 1.54) is 6.26 Å². The van der Waals surface area contributed by atoms with Gasteiger partial charge in [0.05, 0.1) is 12.9 Å². The largest absolute Gasteiger partial charge is 0.501 e. The van der Waals surface area contributed by atoms with Crippen LogP contribution in [0.15, 0.2) is 24.5 Å². The average molecular weight is 170 g/mol. The summed E-state index contributed by atoms with van der Waals surface area (Å²) in [5, 5.41) is 8.53. The molecule has 0 bridgehead atoms. The maximum atomic E-state index is 10.4. The van der Waals surface area contributed by atoms with Gasteiger partial charge in [0.1, 0.15) is 0 Å². The van der Waals surface area contributed by atoms with Crippen molar-refractivity contribution in [2.45, 2.75) is 13.8 Å². The Labute approximate surface area is 72.3 Å². The molecule has 12 heavy (non-hydrogen) atoms. The summed E-state index contributed by atoms with van der Waals surface area (Å²) < 4.78 is 4.90. The molecule has 68 valence electrons. The number of carboxylic acid groups (broad SMARTS) is 1. The topological polar surface area (TPSA) is 46.5 Å². The van der Waals surface area contributed by atoms with Crippen molar-refractivity contribution >= 4 is 5.97 Å². The van der Waals surface area contributed by atoms with Crippen LogP contribution in [0.3, 0.4) is 0 Å². The molecule has 1 unspecified atom stereocenters. The highest BCUT2D eigenvalue weighted by atomic mass is 16.5. The first-order chi connectivity index (χ1) is 5.57. The Bertz CT molecular complexity index is 194. The van der Waals surface area contributed by atoms with Crippen LogP contribution in [-0.4, -0.2) is 17.7 Å². The fraction of sp³-hybridized carbons (Fsp3) is 0.444. The standard InChI is InChI=1S/C9H14O3/c1-4-12-6-7(2)5-8(3)9(10)11/h4-5,7H,1,6H2,2-3H3,(H,10,11). The minimum atomic E-state index is -0.888. The van der Waals surface area contributed by atoms with Crippen molar-refractivity contribution in [1.82, 2.24) is 0 Å². The molecule has 0 saturated heterocycles. The van der Waals surface area contributed by atoms with Gasteiger partial charge in [0.15, 0.2) is 0 Å². The molecule has 0 radical (unpaired) electrons. The number of carbonyl (C=O) groups is 1. The molecule has 0 rings (SSSR count). The van der Waals surface area contributed by atoms with E-state index in [1.54, 1.807) is 13.0 Å². The molecule has 3 heteroatoms. The molecule has 0 aromatic carbocycles. The van der Waals surface area contributed by atoms with Gasteiger partial charge >= 0.3 is 5.97 Å². The van der Waals surface area contributed by atoms with Gasteiger partial charge in [-0.3, -0.25) is 0 Å². The molecule has 0 aliphatic rings. The maximum Gasteiger partial charge on any atom is 0.330 e. The van der Waals surface area contributed by atoms with Crippen LogP contribution < -0.4 is 0 Å². The van der Waals surface area contributed by atoms with Crippen LogP contribution in [0.2, 0.25) is 0 Å². The molecule has 0 heterocycles. The van der Waals surface area contributed by atoms with E-state index in [0.29, 0.717) is 12.2 Å². The van der Waals surface area contributed by atoms with E-state index in [4.69, 9.17) is 9.84 Å². The average Bonchev–Trinajstić information content (AvgIpc) is 2.00. The van der Waals surface area contributed by atoms with E-state index in [2.05, 4.69) is 6.58 Å². The Hall–Kier alpha value is -1.25. The first-order valence-corrected chi connectivity index (χ1v) is 3.72. The van der Waals surface area contributed by atoms with Crippen molar-refractivity contribution in [3.63, 3.8) is 0 Å². The third-order valence-corrected chi connectivity index (χ3v) is 1.35. The van der Waals surface area contributed by atoms with Gasteiger partial charge in [-0.05, 0) is 6.92 Å². The van der Waals surface area contributed by atoms with Crippen molar-refractivity contribution in [3.05, 3.63) is 24.5 Å². The molecule has 0 aromatic rings. The number of hydrogen-bond acceptors (Lipinski definition) is 2. The highest BCUT2D eigenvalue weighted by Crippen LogP contribution is 2.03. The van der Waals surface area contributed by atoms with E-state index in [0.717, 1.165) is 0 Å². The predicted octanol–water partition coefficient (Wildman–Crippen LogP) is 1.81. The van der Waals surface area contributed by atoms with Gasteiger partial charge in [0.2, 0.25) is 0 Å². The summed E-state index contributed by atoms with van der Waals surface area (Å²) in [6.45, 7) is 7.30. The zero-order valence-corrected chi connectivity index (χ0v) is 7.41. The molecule has 1 atom stereocenters. The maximum absolute atomic E-state index is 10.4. The Kier molecular flexibility index (Phi) is 4.84. The fourth-order valence-corrected chi connectivity index (χ4v) is 0.766. The zero-order chi connectivity index (χ0) is 9.56. The molecule has 0 aliphatic carbocycles. The summed E-state index contributed by atoms with van der Waals surface area (Å²) >= 11 is 0. The molecule has 1 N–H and O–H groups in total. The third-order valence-electron chi connectivity index (χ3n) is 1.35. The molecule has 0 fully saturated rings. The summed E-state index contributed by atoms with van der Waals surface area (Å²) in [6, 6.07) is 0. The molecular formula is C9H14O3. The third kappa shape index (κ3) is 4.55. The monoisotopic (exact) mass is 170 g/mol. The van der Waals surface area contributed by atoms with E-state index < -0.39 is 5.97 Å². The number of rotatable bonds is 5. The van der Waals surface area contributed by atoms with Crippen LogP contribution in [-0.2, 0) is 9.53 Å². The lowest BCUT2D eigenvalue weighted by atomic mass is 10.1. The van der Waals surface area contributed by atoms with E-state index in [-0.39, 0.29) is 5.92 Å². The highest BCUT2D eigenvalue weighted by Gasteiger charge is 2.03. The van der Waals surface area contributed by atoms with E-state index in [1.807, 2.05) is 6.92 Å². The number of hydrogen-bond donors (Lipinski definition) is 1. The van der Waals surface area contributed by atoms with Crippen molar-refractivity contribution in [1.29, 1.82) is 0 Å². The van der Waals surface area contributed by atoms with Crippen LogP contribution in [0, 0.1) is 5.92 Å². The predicted molar refractivity (Wildman–Crippen MR) is 46.7 cm³/mol. The van der Waals surface area contributed by atoms with Gasteiger partial charge in [0.25, 0.3) is 0 Å². The molecule has 3 nitrogen and oxygen atoms in total. The summed E-state index contributed by atoms with van der Waals surface area (Å²) in [5.74, 6) is -0.792. The molecule has 0 aliphatic heterocycles. The van der Waals surface area contributed by atoms with Gasteiger partial charge in [0, 0.05) is 11.5 Å². The smallest absolute Gasteiger partial charge is 0.330 e. The Morgan fingerprint density at radius 1 is 1.75 bits per heavy atom. The molecule has 0 spiro atoms. The first-order valence-electron chi connectivity index (χ1n) is 3.72. The van der Waals surface area contributed by atoms with Gasteiger partial charge < -0.3 is 9.84 Å². The summed E-state index contributed by atoms with van der Waals surface area (Å²) in [6.07, 6.45) is 3.01. The van der Waals surface area contributed by atoms with Crippen LogP contribution in [0.25, 0.3) is 0 Å². The lowest BCUT2D eigenvalue weighted by Gasteiger charge is -2.05. The zero-order valence-electron chi connectivity index (χ0n) is 7.41. The van der Waals surface area contributed by atoms with Gasteiger partial charge in [-0.1, -0.05) is 19.6 Å². The molecule has 0 saturated carbocycles. The summed E-state index contributed by atoms with van der Waals surface area (Å²) in [5.41, 5.74) is 0.343. The minimum Gasteiger partial charge on any atom is -0.501 e. The highest BCUT2D eigenvalue weighted by molar-refractivity contribution is 5.85. The van der Waals surface area contributed by atoms with Crippen molar-refractivity contribution in [2.24, 2.45) is 5.92 Å². The summed E-state index contributed by atoms with van der Waals surface area (Å²) in [4.78, 5) is 10.4. The molecule has 0 aromatic heterocycles. The van der Waals surface area contributed by atoms with Crippen LogP contribution >= 0.6 is 0 Å². The Morgan fingerprint density at radius 2 is 2.33 bits per heavy atom. The molecular weight excluding hydrogens is 156 g/mol. The van der Waals surface area contributed by atoms with Crippen LogP contribution in [0.5, 0.6) is 0 Å². The summed E-state index contributed by atoms with van der Waals surface area (Å²) in [7, 11) is 0. The van der Waals surface area contributed by atoms with Crippen LogP contribution in [0.1, 0.15) is 13.8 Å². The Morgan fingerprint density at radius 3 is 2.75 bits per heavy atom. The second-order valence-corrected chi connectivity index (χ2v) is 2.63. The van der Waals surface area contributed by atoms with Crippen molar-refractivity contribution in [2.75, 3.05) is 6.61 Å². The second kappa shape index (κ2) is 5.41. The second-order valence-electron chi connectivity index (χ2n) is 2.63. The van der Waals surface area contributed by atoms with E-state index >= 15 is 0 Å². The van der Waals surface area contributed by atoms with Crippen molar-refractivity contribution in [3.8, 4) is 0 Å². The number of ether oxygens (including phenoxy) is 1. The van der Waals surface area contributed by atoms with E-state index in [9.17, 15) is 4.79 Å². The van der Waals surface area contributed by atoms with Crippen LogP contribution in [0.4, 0.5) is 0 Å². The van der Waals surface area contributed by atoms with Crippen molar-refractivity contribution < 1.29 is 14.6 Å². The lowest BCUT2D eigenvalue weighted by Crippen LogP contribution is -2.04. The van der Waals surface area contributed by atoms with Gasteiger partial charge in [-0.2, -0.15) is 0 Å². The van der Waals surface area contributed by atoms with Gasteiger partial charge in [-0.15, -0.1) is 0 Å². The Balaban J connectivity index is 3.95. The number of carboxylic acids is 1. The normalized spacial score (nSPS) is 13.7. The quantitative estimate of drug-likeness (QED) is 0.505. The van der Waals surface area contributed by atoms with Gasteiger partial charge in [-0.25, -0.2) is 4.79 Å². The minimum absolute atomic E-state index is 0.0964. The number of aliphatic carboxylic acids is 1.